The number of hydrogen-bond acceptors (Lipinski definition) is 7. The Labute approximate surface area is 136 Å². The van der Waals surface area contributed by atoms with E-state index in [1.165, 1.54) is 23.0 Å². The molecule has 0 saturated carbocycles. The molecule has 0 bridgehead atoms. The standard InChI is InChI=1S/C13H15N5O4S/c1-3-11-15-16-13(23)17(11)14-7-8-5-9(18(20)21)12(19)10(6-8)22-4-2/h5-7,19H,3-4H2,1-2H3,(H,16,23)/b14-7+. The van der Waals surface area contributed by atoms with Crippen LogP contribution in [0.4, 0.5) is 5.69 Å². The number of aryl methyl sites for hydroxylation is 1. The molecule has 0 saturated heterocycles. The molecule has 2 rings (SSSR count). The van der Waals surface area contributed by atoms with Gasteiger partial charge in [-0.1, -0.05) is 6.92 Å². The molecule has 122 valence electrons. The topological polar surface area (TPSA) is 119 Å². The zero-order valence-electron chi connectivity index (χ0n) is 12.5. The van der Waals surface area contributed by atoms with Gasteiger partial charge in [0.05, 0.1) is 17.7 Å². The first-order valence-corrected chi connectivity index (χ1v) is 7.23. The number of aromatic hydroxyl groups is 1. The third kappa shape index (κ3) is 3.54. The average molecular weight is 337 g/mol. The summed E-state index contributed by atoms with van der Waals surface area (Å²) < 4.78 is 6.95. The van der Waals surface area contributed by atoms with Crippen LogP contribution in [0, 0.1) is 14.9 Å². The van der Waals surface area contributed by atoms with E-state index in [2.05, 4.69) is 15.3 Å². The number of H-pyrrole nitrogens is 1. The number of nitrogens with zero attached hydrogens (tertiary/aromatic N) is 4. The number of rotatable bonds is 6. The lowest BCUT2D eigenvalue weighted by atomic mass is 10.2. The largest absolute Gasteiger partial charge is 0.500 e. The van der Waals surface area contributed by atoms with E-state index in [9.17, 15) is 15.2 Å². The normalized spacial score (nSPS) is 11.0. The van der Waals surface area contributed by atoms with Crippen molar-refractivity contribution < 1.29 is 14.8 Å². The Morgan fingerprint density at radius 2 is 2.30 bits per heavy atom. The zero-order chi connectivity index (χ0) is 17.0. The molecule has 0 aliphatic carbocycles. The highest BCUT2D eigenvalue weighted by atomic mass is 32.1. The highest BCUT2D eigenvalue weighted by molar-refractivity contribution is 7.71. The maximum absolute atomic E-state index is 11.0. The van der Waals surface area contributed by atoms with Crippen LogP contribution in [0.2, 0.25) is 0 Å². The third-order valence-electron chi connectivity index (χ3n) is 2.93. The molecule has 0 aliphatic rings. The van der Waals surface area contributed by atoms with Gasteiger partial charge in [-0.25, -0.2) is 0 Å². The van der Waals surface area contributed by atoms with Crippen molar-refractivity contribution in [2.24, 2.45) is 5.10 Å². The molecule has 1 aromatic heterocycles. The fourth-order valence-corrected chi connectivity index (χ4v) is 2.09. The van der Waals surface area contributed by atoms with Gasteiger partial charge in [-0.3, -0.25) is 15.2 Å². The van der Waals surface area contributed by atoms with Gasteiger partial charge in [-0.05, 0) is 25.2 Å². The SMILES string of the molecule is CCOc1cc(/C=N/n2c(CC)n[nH]c2=S)cc([N+](=O)[O-])c1O. The molecule has 0 atom stereocenters. The van der Waals surface area contributed by atoms with Crippen LogP contribution in [-0.2, 0) is 6.42 Å². The van der Waals surface area contributed by atoms with Gasteiger partial charge in [0, 0.05) is 18.1 Å². The quantitative estimate of drug-likeness (QED) is 0.361. The van der Waals surface area contributed by atoms with Crippen LogP contribution in [0.25, 0.3) is 0 Å². The Bertz CT molecular complexity index is 811. The van der Waals surface area contributed by atoms with Crippen molar-refractivity contribution in [3.8, 4) is 11.5 Å². The number of nitro benzene ring substituents is 1. The van der Waals surface area contributed by atoms with Gasteiger partial charge < -0.3 is 9.84 Å². The number of benzene rings is 1. The van der Waals surface area contributed by atoms with Gasteiger partial charge in [-0.15, -0.1) is 0 Å². The summed E-state index contributed by atoms with van der Waals surface area (Å²) in [6.07, 6.45) is 2.00. The molecule has 0 unspecified atom stereocenters. The Morgan fingerprint density at radius 1 is 1.57 bits per heavy atom. The van der Waals surface area contributed by atoms with E-state index in [4.69, 9.17) is 17.0 Å². The predicted molar refractivity (Wildman–Crippen MR) is 85.7 cm³/mol. The maximum atomic E-state index is 11.0. The number of ether oxygens (including phenoxy) is 1. The molecule has 0 aliphatic heterocycles. The van der Waals surface area contributed by atoms with Crippen molar-refractivity contribution in [3.05, 3.63) is 38.4 Å². The molecule has 2 N–H and O–H groups in total. The lowest BCUT2D eigenvalue weighted by molar-refractivity contribution is -0.386. The summed E-state index contributed by atoms with van der Waals surface area (Å²) in [7, 11) is 0. The number of hydrogen-bond donors (Lipinski definition) is 2. The van der Waals surface area contributed by atoms with Crippen molar-refractivity contribution in [1.82, 2.24) is 14.9 Å². The highest BCUT2D eigenvalue weighted by Crippen LogP contribution is 2.36. The van der Waals surface area contributed by atoms with Crippen molar-refractivity contribution in [2.45, 2.75) is 20.3 Å². The highest BCUT2D eigenvalue weighted by Gasteiger charge is 2.19. The molecule has 2 aromatic rings. The van der Waals surface area contributed by atoms with Crippen LogP contribution < -0.4 is 4.74 Å². The van der Waals surface area contributed by atoms with Crippen LogP contribution >= 0.6 is 12.2 Å². The Balaban J connectivity index is 2.47. The van der Waals surface area contributed by atoms with Crippen molar-refractivity contribution in [2.75, 3.05) is 6.61 Å². The average Bonchev–Trinajstić information content (AvgIpc) is 2.88. The Kier molecular flexibility index (Phi) is 5.06. The van der Waals surface area contributed by atoms with Crippen molar-refractivity contribution >= 4 is 24.1 Å². The molecule has 10 heteroatoms. The maximum Gasteiger partial charge on any atom is 0.315 e. The minimum atomic E-state index is -0.684. The summed E-state index contributed by atoms with van der Waals surface area (Å²) in [6, 6.07) is 2.67. The summed E-state index contributed by atoms with van der Waals surface area (Å²) >= 11 is 5.07. The smallest absolute Gasteiger partial charge is 0.315 e. The van der Waals surface area contributed by atoms with Crippen LogP contribution in [0.3, 0.4) is 0 Å². The summed E-state index contributed by atoms with van der Waals surface area (Å²) in [5, 5.41) is 31.7. The summed E-state index contributed by atoms with van der Waals surface area (Å²) in [5.41, 5.74) is -0.0630. The predicted octanol–water partition coefficient (Wildman–Crippen LogP) is 2.40. The van der Waals surface area contributed by atoms with E-state index in [1.54, 1.807) is 6.92 Å². The minimum Gasteiger partial charge on any atom is -0.500 e. The number of aromatic amines is 1. The molecule has 0 fully saturated rings. The van der Waals surface area contributed by atoms with Gasteiger partial charge in [-0.2, -0.15) is 14.9 Å². The summed E-state index contributed by atoms with van der Waals surface area (Å²) in [4.78, 5) is 10.3. The molecule has 0 amide bonds. The van der Waals surface area contributed by atoms with E-state index in [-0.39, 0.29) is 12.4 Å². The second-order valence-corrected chi connectivity index (χ2v) is 4.82. The second kappa shape index (κ2) is 7.01. The Morgan fingerprint density at radius 3 is 2.91 bits per heavy atom. The molecule has 1 aromatic carbocycles. The lowest BCUT2D eigenvalue weighted by Crippen LogP contribution is -2.00. The van der Waals surface area contributed by atoms with E-state index in [1.807, 2.05) is 6.92 Å². The fraction of sp³-hybridized carbons (Fsp3) is 0.308. The monoisotopic (exact) mass is 337 g/mol. The molecule has 0 radical (unpaired) electrons. The van der Waals surface area contributed by atoms with Gasteiger partial charge in [0.25, 0.3) is 0 Å². The molecular formula is C13H15N5O4S. The van der Waals surface area contributed by atoms with E-state index >= 15 is 0 Å². The van der Waals surface area contributed by atoms with Gasteiger partial charge in [0.15, 0.2) is 11.6 Å². The van der Waals surface area contributed by atoms with Crippen LogP contribution in [0.15, 0.2) is 17.2 Å². The number of aromatic nitrogens is 3. The number of phenolic OH excluding ortho intramolecular Hbond substituents is 1. The first-order chi connectivity index (χ1) is 11.0. The van der Waals surface area contributed by atoms with Crippen LogP contribution in [0.1, 0.15) is 25.2 Å². The molecule has 1 heterocycles. The van der Waals surface area contributed by atoms with Gasteiger partial charge in [0.2, 0.25) is 10.5 Å². The van der Waals surface area contributed by atoms with Gasteiger partial charge in [0.1, 0.15) is 0 Å². The summed E-state index contributed by atoms with van der Waals surface area (Å²) in [5.74, 6) is 0.141. The molecule has 23 heavy (non-hydrogen) atoms. The lowest BCUT2D eigenvalue weighted by Gasteiger charge is -2.07. The summed E-state index contributed by atoms with van der Waals surface area (Å²) in [6.45, 7) is 3.87. The molecule has 9 nitrogen and oxygen atoms in total. The van der Waals surface area contributed by atoms with Crippen molar-refractivity contribution in [3.63, 3.8) is 0 Å². The third-order valence-corrected chi connectivity index (χ3v) is 3.19. The zero-order valence-corrected chi connectivity index (χ0v) is 13.3. The first kappa shape index (κ1) is 16.6. The van der Waals surface area contributed by atoms with Crippen LogP contribution in [-0.4, -0.2) is 37.7 Å². The number of phenols is 1. The van der Waals surface area contributed by atoms with E-state index < -0.39 is 16.4 Å². The van der Waals surface area contributed by atoms with Crippen LogP contribution in [0.5, 0.6) is 11.5 Å². The minimum absolute atomic E-state index is 0.0228. The first-order valence-electron chi connectivity index (χ1n) is 6.82. The number of nitro groups is 1. The fourth-order valence-electron chi connectivity index (χ4n) is 1.89. The second-order valence-electron chi connectivity index (χ2n) is 4.43. The Hall–Kier alpha value is -2.75. The van der Waals surface area contributed by atoms with Crippen molar-refractivity contribution in [1.29, 1.82) is 0 Å². The van der Waals surface area contributed by atoms with E-state index in [0.717, 1.165) is 0 Å². The number of nitrogens with one attached hydrogen (secondary N) is 1. The van der Waals surface area contributed by atoms with E-state index in [0.29, 0.717) is 22.6 Å². The molecular weight excluding hydrogens is 322 g/mol. The van der Waals surface area contributed by atoms with Gasteiger partial charge >= 0.3 is 5.69 Å². The molecule has 0 spiro atoms.